The summed E-state index contributed by atoms with van der Waals surface area (Å²) in [5.74, 6) is 0. The van der Waals surface area contributed by atoms with Gasteiger partial charge in [-0.15, -0.1) is 0 Å². The number of hydrogen-bond acceptors (Lipinski definition) is 2. The standard InChI is InChI=1S/C12H26.CHNS/c1-3-5-7-9-11-12-10-8-6-4-2;2-1-3/h3-12H2,1-2H3;2H. The van der Waals surface area contributed by atoms with Gasteiger partial charge in [-0.25, -0.2) is 5.41 Å². The summed E-state index contributed by atoms with van der Waals surface area (Å²) >= 11 is 3.81. The molecule has 0 aromatic heterocycles. The fraction of sp³-hybridized carbons (Fsp3) is 0.923. The average molecular weight is 229 g/mol. The van der Waals surface area contributed by atoms with Gasteiger partial charge in [-0.05, 0) is 12.2 Å². The molecule has 90 valence electrons. The van der Waals surface area contributed by atoms with Gasteiger partial charge in [0.25, 0.3) is 0 Å². The predicted molar refractivity (Wildman–Crippen MR) is 72.8 cm³/mol. The monoisotopic (exact) mass is 229 g/mol. The van der Waals surface area contributed by atoms with Crippen LogP contribution in [0.4, 0.5) is 0 Å². The van der Waals surface area contributed by atoms with Crippen LogP contribution in [0.5, 0.6) is 0 Å². The molecule has 2 heteroatoms. The summed E-state index contributed by atoms with van der Waals surface area (Å²) in [6, 6.07) is 0. The van der Waals surface area contributed by atoms with E-state index in [-0.39, 0.29) is 0 Å². The van der Waals surface area contributed by atoms with Crippen LogP contribution in [0.2, 0.25) is 0 Å². The number of thiocarbonyl (C=S) groups is 1. The van der Waals surface area contributed by atoms with Gasteiger partial charge in [0, 0.05) is 0 Å². The highest BCUT2D eigenvalue weighted by Crippen LogP contribution is 2.09. The van der Waals surface area contributed by atoms with Crippen LogP contribution in [-0.4, -0.2) is 5.16 Å². The molecule has 0 rings (SSSR count). The highest BCUT2D eigenvalue weighted by Gasteiger charge is 1.90. The molecule has 0 unspecified atom stereocenters. The molecule has 0 aromatic rings. The zero-order valence-corrected chi connectivity index (χ0v) is 11.3. The van der Waals surface area contributed by atoms with Crippen molar-refractivity contribution in [3.05, 3.63) is 0 Å². The van der Waals surface area contributed by atoms with E-state index in [0.29, 0.717) is 0 Å². The normalized spacial score (nSPS) is 8.93. The Balaban J connectivity index is 0. The summed E-state index contributed by atoms with van der Waals surface area (Å²) in [6.07, 6.45) is 14.4. The number of unbranched alkanes of at least 4 members (excludes halogenated alkanes) is 9. The van der Waals surface area contributed by atoms with Gasteiger partial charge in [-0.2, -0.15) is 0 Å². The topological polar surface area (TPSA) is 23.9 Å². The molecule has 0 saturated heterocycles. The maximum absolute atomic E-state index is 5.77. The highest BCUT2D eigenvalue weighted by molar-refractivity contribution is 7.78. The zero-order chi connectivity index (χ0) is 11.8. The molecule has 1 N–H and O–H groups in total. The summed E-state index contributed by atoms with van der Waals surface area (Å²) in [4.78, 5) is 0. The Morgan fingerprint density at radius 2 is 0.933 bits per heavy atom. The largest absolute Gasteiger partial charge is 0.248 e. The van der Waals surface area contributed by atoms with Crippen molar-refractivity contribution in [1.29, 1.82) is 5.41 Å². The zero-order valence-electron chi connectivity index (χ0n) is 10.5. The molecular weight excluding hydrogens is 202 g/mol. The van der Waals surface area contributed by atoms with Crippen LogP contribution in [0.15, 0.2) is 0 Å². The van der Waals surface area contributed by atoms with Crippen molar-refractivity contribution in [1.82, 2.24) is 0 Å². The van der Waals surface area contributed by atoms with E-state index in [4.69, 9.17) is 5.41 Å². The molecule has 0 aliphatic carbocycles. The van der Waals surface area contributed by atoms with Crippen LogP contribution in [0.1, 0.15) is 78.1 Å². The van der Waals surface area contributed by atoms with Crippen molar-refractivity contribution < 1.29 is 0 Å². The van der Waals surface area contributed by atoms with Gasteiger partial charge in [0.05, 0.1) is 5.16 Å². The van der Waals surface area contributed by atoms with Crippen molar-refractivity contribution in [2.75, 3.05) is 0 Å². The molecule has 0 fully saturated rings. The Morgan fingerprint density at radius 3 is 1.13 bits per heavy atom. The molecule has 0 aliphatic rings. The third-order valence-electron chi connectivity index (χ3n) is 2.46. The quantitative estimate of drug-likeness (QED) is 0.311. The van der Waals surface area contributed by atoms with Gasteiger partial charge in [0.1, 0.15) is 0 Å². The summed E-state index contributed by atoms with van der Waals surface area (Å²) in [6.45, 7) is 4.56. The fourth-order valence-electron chi connectivity index (χ4n) is 1.56. The Hall–Kier alpha value is -0.200. The Kier molecular flexibility index (Phi) is 22.2. The first-order valence-corrected chi connectivity index (χ1v) is 6.78. The SMILES string of the molecule is CCCCCCCCCCCC.N=C=S. The second-order valence-corrected chi connectivity index (χ2v) is 4.13. The van der Waals surface area contributed by atoms with Gasteiger partial charge in [-0.3, -0.25) is 0 Å². The van der Waals surface area contributed by atoms with E-state index >= 15 is 0 Å². The van der Waals surface area contributed by atoms with E-state index in [2.05, 4.69) is 26.1 Å². The van der Waals surface area contributed by atoms with E-state index in [0.717, 1.165) is 0 Å². The molecule has 0 spiro atoms. The summed E-state index contributed by atoms with van der Waals surface area (Å²) in [5.41, 5.74) is 0. The number of isothiocyanates is 1. The molecule has 0 aliphatic heterocycles. The molecule has 0 atom stereocenters. The molecule has 0 amide bonds. The first kappa shape index (κ1) is 17.2. The van der Waals surface area contributed by atoms with Crippen LogP contribution in [0.3, 0.4) is 0 Å². The van der Waals surface area contributed by atoms with Gasteiger partial charge >= 0.3 is 0 Å². The minimum atomic E-state index is 1.37. The van der Waals surface area contributed by atoms with Crippen molar-refractivity contribution in [2.24, 2.45) is 0 Å². The van der Waals surface area contributed by atoms with E-state index in [1.54, 1.807) is 5.16 Å². The number of nitrogens with one attached hydrogen (secondary N) is 1. The van der Waals surface area contributed by atoms with Crippen LogP contribution in [0, 0.1) is 5.41 Å². The second-order valence-electron chi connectivity index (χ2n) is 3.93. The van der Waals surface area contributed by atoms with Crippen LogP contribution in [0.25, 0.3) is 0 Å². The maximum Gasteiger partial charge on any atom is 0.0554 e. The van der Waals surface area contributed by atoms with E-state index < -0.39 is 0 Å². The second kappa shape index (κ2) is 19.4. The number of rotatable bonds is 9. The molecule has 0 aromatic carbocycles. The molecular formula is C13H27NS. The smallest absolute Gasteiger partial charge is 0.0554 e. The lowest BCUT2D eigenvalue weighted by molar-refractivity contribution is 0.562. The average Bonchev–Trinajstić information content (AvgIpc) is 2.23. The Bertz CT molecular complexity index is 118. The molecule has 15 heavy (non-hydrogen) atoms. The Labute approximate surface area is 101 Å². The maximum atomic E-state index is 5.77. The van der Waals surface area contributed by atoms with E-state index in [9.17, 15) is 0 Å². The lowest BCUT2D eigenvalue weighted by atomic mass is 10.1. The van der Waals surface area contributed by atoms with Gasteiger partial charge in [0.15, 0.2) is 0 Å². The van der Waals surface area contributed by atoms with Crippen molar-refractivity contribution in [3.63, 3.8) is 0 Å². The first-order chi connectivity index (χ1) is 7.33. The van der Waals surface area contributed by atoms with Crippen molar-refractivity contribution in [2.45, 2.75) is 78.1 Å². The van der Waals surface area contributed by atoms with Gasteiger partial charge < -0.3 is 0 Å². The minimum absolute atomic E-state index is 1.37. The molecule has 0 bridgehead atoms. The van der Waals surface area contributed by atoms with Gasteiger partial charge in [0.2, 0.25) is 0 Å². The summed E-state index contributed by atoms with van der Waals surface area (Å²) in [5, 5.41) is 7.36. The van der Waals surface area contributed by atoms with E-state index in [1.165, 1.54) is 64.2 Å². The number of hydrogen-bond donors (Lipinski definition) is 1. The highest BCUT2D eigenvalue weighted by atomic mass is 32.1. The fourth-order valence-corrected chi connectivity index (χ4v) is 1.56. The van der Waals surface area contributed by atoms with Crippen LogP contribution in [-0.2, 0) is 0 Å². The Morgan fingerprint density at radius 1 is 0.733 bits per heavy atom. The van der Waals surface area contributed by atoms with Crippen molar-refractivity contribution >= 4 is 17.4 Å². The van der Waals surface area contributed by atoms with Crippen LogP contribution < -0.4 is 0 Å². The third kappa shape index (κ3) is 24.8. The molecule has 0 radical (unpaired) electrons. The third-order valence-corrected chi connectivity index (χ3v) is 2.46. The molecule has 0 saturated carbocycles. The molecule has 1 nitrogen and oxygen atoms in total. The lowest BCUT2D eigenvalue weighted by Gasteiger charge is -1.99. The van der Waals surface area contributed by atoms with E-state index in [1.807, 2.05) is 0 Å². The van der Waals surface area contributed by atoms with Crippen molar-refractivity contribution in [3.8, 4) is 0 Å². The summed E-state index contributed by atoms with van der Waals surface area (Å²) in [7, 11) is 0. The lowest BCUT2D eigenvalue weighted by Crippen LogP contribution is -1.80. The predicted octanol–water partition coefficient (Wildman–Crippen LogP) is 5.60. The minimum Gasteiger partial charge on any atom is -0.248 e. The van der Waals surface area contributed by atoms with Gasteiger partial charge in [-0.1, -0.05) is 78.1 Å². The van der Waals surface area contributed by atoms with Crippen LogP contribution >= 0.6 is 12.2 Å². The summed E-state index contributed by atoms with van der Waals surface area (Å²) < 4.78 is 0. The first-order valence-electron chi connectivity index (χ1n) is 6.37. The molecule has 0 heterocycles.